The summed E-state index contributed by atoms with van der Waals surface area (Å²) in [6.07, 6.45) is 2.60. The molecule has 2 atom stereocenters. The van der Waals surface area contributed by atoms with Crippen molar-refractivity contribution in [1.29, 1.82) is 0 Å². The molecule has 4 heterocycles. The summed E-state index contributed by atoms with van der Waals surface area (Å²) in [6.45, 7) is 0.204. The fourth-order valence-corrected chi connectivity index (χ4v) is 3.70. The van der Waals surface area contributed by atoms with Crippen LogP contribution < -0.4 is 5.32 Å². The number of amides is 1. The molecular formula is C20H18FN7O4. The molecule has 2 aliphatic rings. The van der Waals surface area contributed by atoms with E-state index in [1.165, 1.54) is 16.9 Å². The van der Waals surface area contributed by atoms with Crippen molar-refractivity contribution >= 4 is 11.8 Å². The Morgan fingerprint density at radius 3 is 2.72 bits per heavy atom. The molecule has 2 N–H and O–H groups in total. The summed E-state index contributed by atoms with van der Waals surface area (Å²) in [4.78, 5) is 16.9. The van der Waals surface area contributed by atoms with Crippen LogP contribution in [0.15, 0.2) is 47.9 Å². The van der Waals surface area contributed by atoms with E-state index in [1.54, 1.807) is 30.5 Å². The van der Waals surface area contributed by atoms with Crippen LogP contribution in [0.25, 0.3) is 11.3 Å². The van der Waals surface area contributed by atoms with Gasteiger partial charge in [-0.05, 0) is 24.3 Å². The van der Waals surface area contributed by atoms with Crippen molar-refractivity contribution in [2.45, 2.75) is 24.7 Å². The number of halogens is 1. The molecule has 0 radical (unpaired) electrons. The number of cyclic esters (lactones) is 1. The maximum Gasteiger partial charge on any atom is 0.408 e. The van der Waals surface area contributed by atoms with Crippen molar-refractivity contribution in [3.63, 3.8) is 0 Å². The minimum atomic E-state index is -1.12. The third-order valence-electron chi connectivity index (χ3n) is 5.36. The maximum atomic E-state index is 15.1. The van der Waals surface area contributed by atoms with E-state index in [4.69, 9.17) is 14.7 Å². The third-order valence-corrected chi connectivity index (χ3v) is 5.36. The van der Waals surface area contributed by atoms with Crippen molar-refractivity contribution in [3.8, 4) is 11.3 Å². The number of nitrogens with one attached hydrogen (secondary N) is 1. The number of hydrogen-bond donors (Lipinski definition) is 2. The molecule has 11 nitrogen and oxygen atoms in total. The molecule has 2 aromatic heterocycles. The Kier molecular flexibility index (Phi) is 4.98. The highest BCUT2D eigenvalue weighted by Crippen LogP contribution is 2.33. The van der Waals surface area contributed by atoms with Gasteiger partial charge < -0.3 is 20.0 Å². The first-order chi connectivity index (χ1) is 15.6. The molecule has 3 aromatic rings. The van der Waals surface area contributed by atoms with E-state index < -0.39 is 17.5 Å². The number of oxime groups is 1. The molecule has 1 amide bonds. The van der Waals surface area contributed by atoms with E-state index in [0.29, 0.717) is 29.1 Å². The quantitative estimate of drug-likeness (QED) is 0.580. The van der Waals surface area contributed by atoms with Crippen molar-refractivity contribution in [3.05, 3.63) is 59.8 Å². The van der Waals surface area contributed by atoms with Crippen LogP contribution in [0.3, 0.4) is 0 Å². The van der Waals surface area contributed by atoms with Gasteiger partial charge in [0, 0.05) is 23.7 Å². The first-order valence-corrected chi connectivity index (χ1v) is 9.85. The molecule has 164 valence electrons. The zero-order valence-corrected chi connectivity index (χ0v) is 16.7. The molecule has 0 bridgehead atoms. The smallest absolute Gasteiger partial charge is 0.408 e. The highest BCUT2D eigenvalue weighted by molar-refractivity contribution is 5.99. The first-order valence-electron chi connectivity index (χ1n) is 9.85. The lowest BCUT2D eigenvalue weighted by molar-refractivity contribution is 0.0356. The summed E-state index contributed by atoms with van der Waals surface area (Å²) < 4.78 is 22.1. The summed E-state index contributed by atoms with van der Waals surface area (Å²) in [7, 11) is 0. The Labute approximate surface area is 180 Å². The number of hydrogen-bond acceptors (Lipinski definition) is 9. The minimum absolute atomic E-state index is 0.140. The Morgan fingerprint density at radius 2 is 2.09 bits per heavy atom. The van der Waals surface area contributed by atoms with Crippen LogP contribution in [0, 0.1) is 5.82 Å². The van der Waals surface area contributed by atoms with Gasteiger partial charge in [0.15, 0.2) is 11.7 Å². The zero-order chi connectivity index (χ0) is 22.1. The van der Waals surface area contributed by atoms with Gasteiger partial charge in [0.25, 0.3) is 0 Å². The lowest BCUT2D eigenvalue weighted by Gasteiger charge is -2.27. The highest BCUT2D eigenvalue weighted by atomic mass is 19.1. The summed E-state index contributed by atoms with van der Waals surface area (Å²) in [5, 5.41) is 31.6. The number of benzene rings is 1. The number of rotatable bonds is 6. The topological polar surface area (TPSA) is 137 Å². The predicted molar refractivity (Wildman–Crippen MR) is 107 cm³/mol. The third kappa shape index (κ3) is 3.64. The highest BCUT2D eigenvalue weighted by Gasteiger charge is 2.43. The Morgan fingerprint density at radius 1 is 1.25 bits per heavy atom. The van der Waals surface area contributed by atoms with Gasteiger partial charge in [0.05, 0.1) is 31.6 Å². The molecule has 1 saturated heterocycles. The second-order valence-electron chi connectivity index (χ2n) is 7.49. The Bertz CT molecular complexity index is 1170. The lowest BCUT2D eigenvalue weighted by atomic mass is 9.92. The van der Waals surface area contributed by atoms with Gasteiger partial charge in [-0.1, -0.05) is 16.4 Å². The normalized spacial score (nSPS) is 22.2. The second kappa shape index (κ2) is 7.96. The average molecular weight is 439 g/mol. The summed E-state index contributed by atoms with van der Waals surface area (Å²) in [5.74, 6) is -0.535. The summed E-state index contributed by atoms with van der Waals surface area (Å²) in [6, 6.07) is 7.89. The summed E-state index contributed by atoms with van der Waals surface area (Å²) in [5.41, 5.74) is 1.01. The van der Waals surface area contributed by atoms with E-state index >= 15 is 4.39 Å². The van der Waals surface area contributed by atoms with E-state index in [0.717, 1.165) is 0 Å². The van der Waals surface area contributed by atoms with E-state index in [2.05, 4.69) is 31.0 Å². The van der Waals surface area contributed by atoms with E-state index in [1.807, 2.05) is 0 Å². The van der Waals surface area contributed by atoms with E-state index in [-0.39, 0.29) is 31.4 Å². The fraction of sp³-hybridized carbons (Fsp3) is 0.300. The van der Waals surface area contributed by atoms with Crippen LogP contribution in [0.4, 0.5) is 9.18 Å². The van der Waals surface area contributed by atoms with Gasteiger partial charge in [-0.15, -0.1) is 15.3 Å². The van der Waals surface area contributed by atoms with Gasteiger partial charge in [-0.3, -0.25) is 0 Å². The molecule has 0 spiro atoms. The van der Waals surface area contributed by atoms with Crippen LogP contribution in [-0.2, 0) is 21.7 Å². The maximum absolute atomic E-state index is 15.1. The number of carbonyl (C=O) groups is 1. The lowest BCUT2D eigenvalue weighted by Crippen LogP contribution is -2.36. The Hall–Kier alpha value is -3.93. The number of ether oxygens (including phenoxy) is 1. The van der Waals surface area contributed by atoms with Gasteiger partial charge in [-0.2, -0.15) is 0 Å². The molecule has 5 rings (SSSR count). The standard InChI is InChI=1S/C20H18FN7O4/c21-15-7-12(20(10-22-19(30)31-20)11-28-6-5-23-27-28)1-2-14(15)16-3-4-17(25-24-16)18-8-13(9-29)32-26-18/h1-7,13,29H,8-11H2,(H,22,30). The molecule has 0 saturated carbocycles. The summed E-state index contributed by atoms with van der Waals surface area (Å²) >= 11 is 0. The van der Waals surface area contributed by atoms with Gasteiger partial charge >= 0.3 is 6.09 Å². The molecule has 2 unspecified atom stereocenters. The van der Waals surface area contributed by atoms with Gasteiger partial charge in [-0.25, -0.2) is 13.9 Å². The van der Waals surface area contributed by atoms with E-state index in [9.17, 15) is 4.79 Å². The van der Waals surface area contributed by atoms with Crippen molar-refractivity contribution < 1.29 is 23.9 Å². The number of nitrogens with zero attached hydrogens (tertiary/aromatic N) is 6. The molecule has 1 aromatic carbocycles. The Balaban J connectivity index is 1.41. The number of aliphatic hydroxyl groups excluding tert-OH is 1. The van der Waals surface area contributed by atoms with Gasteiger partial charge in [0.2, 0.25) is 0 Å². The van der Waals surface area contributed by atoms with Gasteiger partial charge in [0.1, 0.15) is 17.2 Å². The predicted octanol–water partition coefficient (Wildman–Crippen LogP) is 0.995. The van der Waals surface area contributed by atoms with Crippen LogP contribution in [0.1, 0.15) is 17.7 Å². The first kappa shape index (κ1) is 20.0. The second-order valence-corrected chi connectivity index (χ2v) is 7.49. The number of aliphatic hydroxyl groups is 1. The average Bonchev–Trinajstić information content (AvgIpc) is 3.56. The molecule has 32 heavy (non-hydrogen) atoms. The molecule has 2 aliphatic heterocycles. The minimum Gasteiger partial charge on any atom is -0.434 e. The monoisotopic (exact) mass is 439 g/mol. The van der Waals surface area contributed by atoms with Crippen LogP contribution in [-0.4, -0.2) is 61.4 Å². The van der Waals surface area contributed by atoms with Crippen LogP contribution >= 0.6 is 0 Å². The number of carbonyl (C=O) groups excluding carboxylic acids is 1. The van der Waals surface area contributed by atoms with Crippen LogP contribution in [0.2, 0.25) is 0 Å². The molecular weight excluding hydrogens is 421 g/mol. The molecule has 0 aliphatic carbocycles. The van der Waals surface area contributed by atoms with Crippen molar-refractivity contribution in [2.24, 2.45) is 5.16 Å². The zero-order valence-electron chi connectivity index (χ0n) is 16.7. The number of aromatic nitrogens is 5. The van der Waals surface area contributed by atoms with Crippen molar-refractivity contribution in [1.82, 2.24) is 30.5 Å². The van der Waals surface area contributed by atoms with Crippen LogP contribution in [0.5, 0.6) is 0 Å². The van der Waals surface area contributed by atoms with Crippen molar-refractivity contribution in [2.75, 3.05) is 13.2 Å². The molecule has 1 fully saturated rings. The largest absolute Gasteiger partial charge is 0.434 e. The molecule has 12 heteroatoms. The fourth-order valence-electron chi connectivity index (χ4n) is 3.70. The number of alkyl carbamates (subject to hydrolysis) is 1. The SMILES string of the molecule is O=C1NCC(Cn2ccnn2)(c2ccc(-c3ccc(C4=NOC(CO)C4)nn3)c(F)c2)O1.